The number of aryl methyl sites for hydroxylation is 1. The van der Waals surface area contributed by atoms with E-state index in [2.05, 4.69) is 10.1 Å². The zero-order chi connectivity index (χ0) is 29.0. The van der Waals surface area contributed by atoms with Crippen molar-refractivity contribution >= 4 is 17.5 Å². The molecule has 2 atom stereocenters. The van der Waals surface area contributed by atoms with Gasteiger partial charge in [-0.3, -0.25) is 19.4 Å². The minimum absolute atomic E-state index is 0.0247. The highest BCUT2D eigenvalue weighted by atomic mass is 35.5. The molecule has 3 heterocycles. The van der Waals surface area contributed by atoms with E-state index in [0.717, 1.165) is 12.8 Å². The number of ether oxygens (including phenoxy) is 1. The van der Waals surface area contributed by atoms with Crippen LogP contribution < -0.4 is 0 Å². The van der Waals surface area contributed by atoms with Gasteiger partial charge in [-0.05, 0) is 61.7 Å². The lowest BCUT2D eigenvalue weighted by molar-refractivity contribution is -0.130. The Morgan fingerprint density at radius 2 is 1.90 bits per heavy atom. The van der Waals surface area contributed by atoms with Gasteiger partial charge in [0.25, 0.3) is 5.91 Å². The second-order valence-corrected chi connectivity index (χ2v) is 11.6. The van der Waals surface area contributed by atoms with Crippen LogP contribution in [0.4, 0.5) is 4.39 Å². The molecule has 8 nitrogen and oxygen atoms in total. The monoisotopic (exact) mass is 576 g/mol. The molecule has 1 unspecified atom stereocenters. The summed E-state index contributed by atoms with van der Waals surface area (Å²) in [6.45, 7) is 1.58. The normalized spacial score (nSPS) is 20.6. The van der Waals surface area contributed by atoms with Gasteiger partial charge < -0.3 is 14.9 Å². The highest BCUT2D eigenvalue weighted by Gasteiger charge is 2.56. The maximum absolute atomic E-state index is 16.6. The molecule has 2 aromatic heterocycles. The summed E-state index contributed by atoms with van der Waals surface area (Å²) in [4.78, 5) is 20.2. The van der Waals surface area contributed by atoms with E-state index >= 15 is 4.39 Å². The number of rotatable bonds is 9. The van der Waals surface area contributed by atoms with Crippen LogP contribution in [0.3, 0.4) is 0 Å². The largest absolute Gasteiger partial charge is 0.396 e. The number of aromatic nitrogens is 3. The molecule has 1 amide bonds. The topological polar surface area (TPSA) is 101 Å². The molecule has 6 rings (SSSR count). The fraction of sp³-hybridized carbons (Fsp3) is 0.323. The molecular weight excluding hydrogens is 547 g/mol. The standard InChI is InChI=1S/C31H30ClFN4O4/c1-29(40,22-15-35-36(2)16-22)21-13-25-27(26(33)14-21)31(20-6-8-23(32)9-7-20,41-19-30(18-38)10-11-30)37(28(25)39)17-24-5-3-4-12-34-24/h3-9,12-16,38,40H,10-11,17-19H2,1-2H3/t29?,31-/m1/s1. The third-order valence-corrected chi connectivity index (χ3v) is 8.53. The van der Waals surface area contributed by atoms with Gasteiger partial charge >= 0.3 is 0 Å². The summed E-state index contributed by atoms with van der Waals surface area (Å²) in [5.74, 6) is -1.18. The molecule has 0 spiro atoms. The number of amides is 1. The number of hydrogen-bond donors (Lipinski definition) is 2. The van der Waals surface area contributed by atoms with Gasteiger partial charge in [0.05, 0.1) is 42.8 Å². The van der Waals surface area contributed by atoms with Crippen LogP contribution in [-0.4, -0.2) is 49.0 Å². The van der Waals surface area contributed by atoms with Gasteiger partial charge in [0, 0.05) is 41.0 Å². The zero-order valence-corrected chi connectivity index (χ0v) is 23.5. The highest BCUT2D eigenvalue weighted by Crippen LogP contribution is 2.52. The molecule has 1 saturated carbocycles. The number of aliphatic hydroxyl groups excluding tert-OH is 1. The summed E-state index contributed by atoms with van der Waals surface area (Å²) in [5, 5.41) is 26.2. The molecule has 0 bridgehead atoms. The van der Waals surface area contributed by atoms with Crippen molar-refractivity contribution in [3.63, 3.8) is 0 Å². The molecule has 2 N–H and O–H groups in total. The summed E-state index contributed by atoms with van der Waals surface area (Å²) in [5.41, 5.74) is -1.90. The number of aliphatic hydroxyl groups is 2. The Balaban J connectivity index is 1.57. The molecule has 2 aliphatic rings. The molecule has 212 valence electrons. The van der Waals surface area contributed by atoms with E-state index in [-0.39, 0.29) is 36.4 Å². The number of carbonyl (C=O) groups is 1. The average Bonchev–Trinajstić information content (AvgIpc) is 3.55. The summed E-state index contributed by atoms with van der Waals surface area (Å²) >= 11 is 6.23. The van der Waals surface area contributed by atoms with Crippen molar-refractivity contribution in [2.75, 3.05) is 13.2 Å². The molecule has 1 aliphatic carbocycles. The summed E-state index contributed by atoms with van der Waals surface area (Å²) in [7, 11) is 1.72. The first kappa shape index (κ1) is 27.5. The van der Waals surface area contributed by atoms with Gasteiger partial charge in [-0.1, -0.05) is 29.8 Å². The van der Waals surface area contributed by atoms with Crippen LogP contribution in [-0.2, 0) is 29.7 Å². The SMILES string of the molecule is Cn1cc(C(C)(O)c2cc(F)c3c(c2)C(=O)N(Cc2ccccn2)[C@@]3(OCC2(CO)CC2)c2ccc(Cl)cc2)cn1. The van der Waals surface area contributed by atoms with Gasteiger partial charge in [-0.2, -0.15) is 5.10 Å². The van der Waals surface area contributed by atoms with E-state index in [1.54, 1.807) is 60.5 Å². The van der Waals surface area contributed by atoms with Crippen LogP contribution in [0.15, 0.2) is 73.2 Å². The second-order valence-electron chi connectivity index (χ2n) is 11.2. The molecule has 2 aromatic carbocycles. The number of carbonyl (C=O) groups excluding carboxylic acids is 1. The van der Waals surface area contributed by atoms with Crippen molar-refractivity contribution < 1.29 is 24.1 Å². The molecular formula is C31H30ClFN4O4. The first-order chi connectivity index (χ1) is 19.6. The minimum Gasteiger partial charge on any atom is -0.396 e. The lowest BCUT2D eigenvalue weighted by atomic mass is 9.85. The molecule has 0 saturated heterocycles. The molecule has 41 heavy (non-hydrogen) atoms. The Morgan fingerprint density at radius 3 is 2.51 bits per heavy atom. The Morgan fingerprint density at radius 1 is 1.15 bits per heavy atom. The summed E-state index contributed by atoms with van der Waals surface area (Å²) in [6.07, 6.45) is 6.30. The first-order valence-corrected chi connectivity index (χ1v) is 13.8. The molecule has 0 radical (unpaired) electrons. The van der Waals surface area contributed by atoms with Crippen molar-refractivity contribution in [1.29, 1.82) is 0 Å². The maximum atomic E-state index is 16.6. The minimum atomic E-state index is -1.68. The average molecular weight is 577 g/mol. The molecule has 4 aromatic rings. The van der Waals surface area contributed by atoms with Gasteiger partial charge in [-0.15, -0.1) is 0 Å². The van der Waals surface area contributed by atoms with Crippen LogP contribution in [0.1, 0.15) is 58.1 Å². The Hall–Kier alpha value is -3.63. The van der Waals surface area contributed by atoms with Crippen LogP contribution in [0.2, 0.25) is 5.02 Å². The quantitative estimate of drug-likeness (QED) is 0.304. The lowest BCUT2D eigenvalue weighted by Crippen LogP contribution is -2.48. The molecule has 10 heteroatoms. The summed E-state index contributed by atoms with van der Waals surface area (Å²) < 4.78 is 24.8. The van der Waals surface area contributed by atoms with Gasteiger partial charge in [0.1, 0.15) is 11.4 Å². The van der Waals surface area contributed by atoms with Crippen molar-refractivity contribution in [3.8, 4) is 0 Å². The predicted molar refractivity (Wildman–Crippen MR) is 149 cm³/mol. The van der Waals surface area contributed by atoms with E-state index in [9.17, 15) is 15.0 Å². The zero-order valence-electron chi connectivity index (χ0n) is 22.7. The third-order valence-electron chi connectivity index (χ3n) is 8.28. The Labute approximate surface area is 242 Å². The highest BCUT2D eigenvalue weighted by molar-refractivity contribution is 6.30. The van der Waals surface area contributed by atoms with Crippen molar-refractivity contribution in [2.45, 2.75) is 37.6 Å². The van der Waals surface area contributed by atoms with E-state index in [0.29, 0.717) is 21.8 Å². The fourth-order valence-corrected chi connectivity index (χ4v) is 5.62. The van der Waals surface area contributed by atoms with Crippen LogP contribution >= 0.6 is 11.6 Å². The smallest absolute Gasteiger partial charge is 0.257 e. The third kappa shape index (κ3) is 4.63. The number of hydrogen-bond acceptors (Lipinski definition) is 6. The van der Waals surface area contributed by atoms with Gasteiger partial charge in [-0.25, -0.2) is 4.39 Å². The van der Waals surface area contributed by atoms with Crippen molar-refractivity contribution in [2.24, 2.45) is 12.5 Å². The Kier molecular flexibility index (Phi) is 6.73. The second kappa shape index (κ2) is 10.0. The lowest BCUT2D eigenvalue weighted by Gasteiger charge is -2.40. The van der Waals surface area contributed by atoms with Crippen LogP contribution in [0.25, 0.3) is 0 Å². The first-order valence-electron chi connectivity index (χ1n) is 13.4. The maximum Gasteiger partial charge on any atom is 0.257 e. The number of nitrogens with zero attached hydrogens (tertiary/aromatic N) is 4. The van der Waals surface area contributed by atoms with Gasteiger partial charge in [0.2, 0.25) is 0 Å². The fourth-order valence-electron chi connectivity index (χ4n) is 5.49. The number of fused-ring (bicyclic) bond motifs is 1. The van der Waals surface area contributed by atoms with E-state index in [1.165, 1.54) is 30.2 Å². The van der Waals surface area contributed by atoms with Gasteiger partial charge in [0.15, 0.2) is 5.72 Å². The molecule has 1 aliphatic heterocycles. The van der Waals surface area contributed by atoms with Crippen molar-refractivity contribution in [3.05, 3.63) is 118 Å². The summed E-state index contributed by atoms with van der Waals surface area (Å²) in [6, 6.07) is 14.9. The van der Waals surface area contributed by atoms with E-state index < -0.39 is 28.5 Å². The van der Waals surface area contributed by atoms with Crippen LogP contribution in [0, 0.1) is 11.2 Å². The Bertz CT molecular complexity index is 1600. The number of halogens is 2. The van der Waals surface area contributed by atoms with Crippen LogP contribution in [0.5, 0.6) is 0 Å². The van der Waals surface area contributed by atoms with E-state index in [1.807, 2.05) is 6.07 Å². The molecule has 1 fully saturated rings. The predicted octanol–water partition coefficient (Wildman–Crippen LogP) is 4.51. The van der Waals surface area contributed by atoms with E-state index in [4.69, 9.17) is 16.3 Å². The van der Waals surface area contributed by atoms with Crippen molar-refractivity contribution in [1.82, 2.24) is 19.7 Å². The number of benzene rings is 2. The number of pyridine rings is 1.